The van der Waals surface area contributed by atoms with Gasteiger partial charge in [0.25, 0.3) is 0 Å². The fourth-order valence-corrected chi connectivity index (χ4v) is 1.51. The maximum absolute atomic E-state index is 13.4. The predicted molar refractivity (Wildman–Crippen MR) is 53.1 cm³/mol. The van der Waals surface area contributed by atoms with Crippen LogP contribution in [0.5, 0.6) is 0 Å². The first-order valence-corrected chi connectivity index (χ1v) is 4.63. The van der Waals surface area contributed by atoms with Gasteiger partial charge in [0.05, 0.1) is 0 Å². The monoisotopic (exact) mass is 199 g/mol. The van der Waals surface area contributed by atoms with Gasteiger partial charge in [0, 0.05) is 0 Å². The van der Waals surface area contributed by atoms with Crippen LogP contribution >= 0.6 is 0 Å². The zero-order chi connectivity index (χ0) is 10.8. The number of benzene rings is 1. The maximum Gasteiger partial charge on any atom is 0.127 e. The first kappa shape index (κ1) is 11.1. The third-order valence-corrected chi connectivity index (χ3v) is 2.43. The fraction of sp³-hybridized carbons (Fsp3) is 0.455. The van der Waals surface area contributed by atoms with Crippen molar-refractivity contribution >= 4 is 0 Å². The smallest absolute Gasteiger partial charge is 0.127 e. The molecule has 0 radical (unpaired) electrons. The van der Waals surface area contributed by atoms with Crippen LogP contribution in [0.4, 0.5) is 8.78 Å². The number of hydrogen-bond acceptors (Lipinski definition) is 1. The second-order valence-corrected chi connectivity index (χ2v) is 4.05. The molecule has 14 heavy (non-hydrogen) atoms. The Hall–Kier alpha value is -0.960. The van der Waals surface area contributed by atoms with Crippen LogP contribution in [0.25, 0.3) is 0 Å². The van der Waals surface area contributed by atoms with Crippen LogP contribution in [-0.4, -0.2) is 6.54 Å². The van der Waals surface area contributed by atoms with E-state index in [-0.39, 0.29) is 5.82 Å². The molecule has 0 amide bonds. The van der Waals surface area contributed by atoms with E-state index in [2.05, 4.69) is 0 Å². The summed E-state index contributed by atoms with van der Waals surface area (Å²) in [5, 5.41) is 0. The van der Waals surface area contributed by atoms with Gasteiger partial charge in [-0.15, -0.1) is 0 Å². The molecular weight excluding hydrogens is 184 g/mol. The lowest BCUT2D eigenvalue weighted by Gasteiger charge is -2.24. The zero-order valence-corrected chi connectivity index (χ0v) is 8.48. The standard InChI is InChI=1S/C11H15F2N/c1-11(2,5-6-14)9-7-8(12)3-4-10(9)13/h3-4,7H,5-6,14H2,1-2H3. The Morgan fingerprint density at radius 3 is 2.50 bits per heavy atom. The fourth-order valence-electron chi connectivity index (χ4n) is 1.51. The molecule has 1 nitrogen and oxygen atoms in total. The van der Waals surface area contributed by atoms with Crippen molar-refractivity contribution in [1.29, 1.82) is 0 Å². The van der Waals surface area contributed by atoms with Gasteiger partial charge in [0.15, 0.2) is 0 Å². The SMILES string of the molecule is CC(C)(CCN)c1cc(F)ccc1F. The van der Waals surface area contributed by atoms with E-state index in [0.29, 0.717) is 18.5 Å². The number of rotatable bonds is 3. The van der Waals surface area contributed by atoms with Crippen LogP contribution in [0.3, 0.4) is 0 Å². The van der Waals surface area contributed by atoms with Crippen molar-refractivity contribution in [2.45, 2.75) is 25.7 Å². The van der Waals surface area contributed by atoms with E-state index >= 15 is 0 Å². The van der Waals surface area contributed by atoms with Crippen molar-refractivity contribution in [3.63, 3.8) is 0 Å². The third-order valence-electron chi connectivity index (χ3n) is 2.43. The van der Waals surface area contributed by atoms with Gasteiger partial charge in [-0.3, -0.25) is 0 Å². The largest absolute Gasteiger partial charge is 0.330 e. The molecule has 0 saturated carbocycles. The molecule has 1 aromatic rings. The summed E-state index contributed by atoms with van der Waals surface area (Å²) >= 11 is 0. The molecule has 0 unspecified atom stereocenters. The zero-order valence-electron chi connectivity index (χ0n) is 8.48. The first-order chi connectivity index (χ1) is 6.47. The molecule has 2 N–H and O–H groups in total. The Morgan fingerprint density at radius 1 is 1.29 bits per heavy atom. The molecule has 0 spiro atoms. The molecular formula is C11H15F2N. The lowest BCUT2D eigenvalue weighted by molar-refractivity contribution is 0.451. The Balaban J connectivity index is 3.10. The van der Waals surface area contributed by atoms with E-state index in [4.69, 9.17) is 5.73 Å². The number of halogens is 2. The van der Waals surface area contributed by atoms with Crippen molar-refractivity contribution < 1.29 is 8.78 Å². The highest BCUT2D eigenvalue weighted by Gasteiger charge is 2.23. The van der Waals surface area contributed by atoms with E-state index in [1.54, 1.807) is 0 Å². The van der Waals surface area contributed by atoms with E-state index < -0.39 is 11.2 Å². The molecule has 0 heterocycles. The summed E-state index contributed by atoms with van der Waals surface area (Å²) in [7, 11) is 0. The summed E-state index contributed by atoms with van der Waals surface area (Å²) in [6, 6.07) is 3.52. The second-order valence-electron chi connectivity index (χ2n) is 4.05. The van der Waals surface area contributed by atoms with E-state index in [9.17, 15) is 8.78 Å². The van der Waals surface area contributed by atoms with Gasteiger partial charge < -0.3 is 5.73 Å². The van der Waals surface area contributed by atoms with Crippen molar-refractivity contribution in [3.05, 3.63) is 35.4 Å². The molecule has 0 saturated heterocycles. The van der Waals surface area contributed by atoms with Crippen LogP contribution in [0.1, 0.15) is 25.8 Å². The average Bonchev–Trinajstić information content (AvgIpc) is 2.09. The molecule has 0 bridgehead atoms. The Bertz CT molecular complexity index is 321. The van der Waals surface area contributed by atoms with Gasteiger partial charge in [-0.25, -0.2) is 8.78 Å². The molecule has 3 heteroatoms. The van der Waals surface area contributed by atoms with Crippen LogP contribution in [0, 0.1) is 11.6 Å². The van der Waals surface area contributed by atoms with E-state index in [0.717, 1.165) is 12.1 Å². The minimum atomic E-state index is -0.416. The lowest BCUT2D eigenvalue weighted by atomic mass is 9.81. The quantitative estimate of drug-likeness (QED) is 0.795. The normalized spacial score (nSPS) is 11.8. The van der Waals surface area contributed by atoms with Crippen LogP contribution < -0.4 is 5.73 Å². The van der Waals surface area contributed by atoms with Crippen molar-refractivity contribution in [3.8, 4) is 0 Å². The third kappa shape index (κ3) is 2.29. The summed E-state index contributed by atoms with van der Waals surface area (Å²) < 4.78 is 26.3. The maximum atomic E-state index is 13.4. The lowest BCUT2D eigenvalue weighted by Crippen LogP contribution is -2.23. The number of hydrogen-bond donors (Lipinski definition) is 1. The first-order valence-electron chi connectivity index (χ1n) is 4.63. The summed E-state index contributed by atoms with van der Waals surface area (Å²) in [6.45, 7) is 4.18. The summed E-state index contributed by atoms with van der Waals surface area (Å²) in [6.07, 6.45) is 0.632. The molecule has 78 valence electrons. The topological polar surface area (TPSA) is 26.0 Å². The van der Waals surface area contributed by atoms with E-state index in [1.165, 1.54) is 6.07 Å². The highest BCUT2D eigenvalue weighted by molar-refractivity contribution is 5.26. The molecule has 0 aliphatic rings. The summed E-state index contributed by atoms with van der Waals surface area (Å²) in [4.78, 5) is 0. The number of nitrogens with two attached hydrogens (primary N) is 1. The highest BCUT2D eigenvalue weighted by atomic mass is 19.1. The predicted octanol–water partition coefficient (Wildman–Crippen LogP) is 2.59. The summed E-state index contributed by atoms with van der Waals surface area (Å²) in [5.74, 6) is -0.781. The second kappa shape index (κ2) is 4.05. The summed E-state index contributed by atoms with van der Waals surface area (Å²) in [5.41, 5.74) is 5.40. The highest BCUT2D eigenvalue weighted by Crippen LogP contribution is 2.29. The van der Waals surface area contributed by atoms with Gasteiger partial charge in [-0.2, -0.15) is 0 Å². The minimum Gasteiger partial charge on any atom is -0.330 e. The average molecular weight is 199 g/mol. The minimum absolute atomic E-state index is 0.371. The molecule has 0 aromatic heterocycles. The molecule has 0 fully saturated rings. The molecule has 0 atom stereocenters. The Labute approximate surface area is 82.9 Å². The molecule has 1 aromatic carbocycles. The Morgan fingerprint density at radius 2 is 1.93 bits per heavy atom. The van der Waals surface area contributed by atoms with Crippen molar-refractivity contribution in [2.24, 2.45) is 5.73 Å². The van der Waals surface area contributed by atoms with Crippen LogP contribution in [-0.2, 0) is 5.41 Å². The molecule has 1 rings (SSSR count). The van der Waals surface area contributed by atoms with Gasteiger partial charge in [0.2, 0.25) is 0 Å². The van der Waals surface area contributed by atoms with Crippen molar-refractivity contribution in [2.75, 3.05) is 6.54 Å². The van der Waals surface area contributed by atoms with Crippen molar-refractivity contribution in [1.82, 2.24) is 0 Å². The van der Waals surface area contributed by atoms with Gasteiger partial charge in [0.1, 0.15) is 11.6 Å². The molecule has 0 aliphatic heterocycles. The van der Waals surface area contributed by atoms with Crippen LogP contribution in [0.2, 0.25) is 0 Å². The van der Waals surface area contributed by atoms with Gasteiger partial charge in [-0.05, 0) is 42.1 Å². The van der Waals surface area contributed by atoms with Crippen LogP contribution in [0.15, 0.2) is 18.2 Å². The van der Waals surface area contributed by atoms with Gasteiger partial charge >= 0.3 is 0 Å². The van der Waals surface area contributed by atoms with E-state index in [1.807, 2.05) is 13.8 Å². The Kier molecular flexibility index (Phi) is 3.21. The van der Waals surface area contributed by atoms with Gasteiger partial charge in [-0.1, -0.05) is 13.8 Å². The molecule has 0 aliphatic carbocycles.